The third kappa shape index (κ3) is 6.18. The first-order chi connectivity index (χ1) is 19.2. The van der Waals surface area contributed by atoms with E-state index in [-0.39, 0.29) is 50.6 Å². The van der Waals surface area contributed by atoms with Gasteiger partial charge < -0.3 is 9.21 Å². The molecule has 234 valence electrons. The summed E-state index contributed by atoms with van der Waals surface area (Å²) in [6, 6.07) is 2.21. The third-order valence-electron chi connectivity index (χ3n) is 12.2. The molecule has 0 spiro atoms. The summed E-state index contributed by atoms with van der Waals surface area (Å²) in [5, 5.41) is 18.7. The normalized spacial score (nSPS) is 29.3. The predicted molar refractivity (Wildman–Crippen MR) is 168 cm³/mol. The topological polar surface area (TPSA) is 96.8 Å². The molecule has 3 rings (SSSR count). The number of Topliss-reactive ketones (excluding diaryl/α,β-unsaturated/α-hetero) is 2. The first-order valence-corrected chi connectivity index (χ1v) is 16.2. The number of ketones is 2. The zero-order valence-corrected chi connectivity index (χ0v) is 28.7. The molecule has 1 saturated carbocycles. The van der Waals surface area contributed by atoms with Crippen LogP contribution in [0.2, 0.25) is 0 Å². The Morgan fingerprint density at radius 2 is 1.67 bits per heavy atom. The molecule has 1 heterocycles. The van der Waals surface area contributed by atoms with Crippen LogP contribution < -0.4 is 0 Å². The van der Waals surface area contributed by atoms with Gasteiger partial charge in [0.1, 0.15) is 11.9 Å². The molecule has 1 aromatic heterocycles. The minimum atomic E-state index is -0.644. The highest BCUT2D eigenvalue weighted by molar-refractivity contribution is 6.04. The van der Waals surface area contributed by atoms with Crippen LogP contribution in [0.25, 0.3) is 0 Å². The minimum Gasteiger partial charge on any atom is -0.425 e. The Morgan fingerprint density at radius 3 is 2.19 bits per heavy atom. The number of fused-ring (bicyclic) bond motifs is 1. The lowest BCUT2D eigenvalue weighted by atomic mass is 9.39. The van der Waals surface area contributed by atoms with Crippen molar-refractivity contribution < 1.29 is 14.0 Å². The summed E-state index contributed by atoms with van der Waals surface area (Å²) in [5.41, 5.74) is -1.17. The monoisotopic (exact) mass is 579 g/mol. The summed E-state index contributed by atoms with van der Waals surface area (Å²) in [6.07, 6.45) is 10.4. The summed E-state index contributed by atoms with van der Waals surface area (Å²) in [4.78, 5) is 26.2. The van der Waals surface area contributed by atoms with Gasteiger partial charge in [-0.2, -0.15) is 5.26 Å². The van der Waals surface area contributed by atoms with E-state index >= 15 is 0 Å². The number of hydrogen-bond donors (Lipinski definition) is 0. The second-order valence-corrected chi connectivity index (χ2v) is 16.5. The molecule has 5 atom stereocenters. The van der Waals surface area contributed by atoms with Gasteiger partial charge in [-0.1, -0.05) is 81.7 Å². The summed E-state index contributed by atoms with van der Waals surface area (Å²) < 4.78 is 6.09. The molecule has 1 fully saturated rings. The molecule has 0 radical (unpaired) electrons. The van der Waals surface area contributed by atoms with E-state index in [1.807, 2.05) is 26.8 Å². The van der Waals surface area contributed by atoms with Crippen LogP contribution in [0.3, 0.4) is 0 Å². The average Bonchev–Trinajstić information content (AvgIpc) is 3.33. The molecule has 1 aromatic rings. The number of allylic oxidation sites excluding steroid dienone is 2. The molecule has 0 N–H and O–H groups in total. The Hall–Kier alpha value is -2.29. The summed E-state index contributed by atoms with van der Waals surface area (Å²) in [6.45, 7) is 26.1. The highest BCUT2D eigenvalue weighted by atomic mass is 16.4. The van der Waals surface area contributed by atoms with E-state index in [4.69, 9.17) is 4.42 Å². The molecule has 2 aliphatic carbocycles. The number of nitriles is 1. The molecule has 42 heavy (non-hydrogen) atoms. The molecule has 6 nitrogen and oxygen atoms in total. The van der Waals surface area contributed by atoms with Crippen LogP contribution in [-0.4, -0.2) is 21.8 Å². The molecular weight excluding hydrogens is 522 g/mol. The molecule has 0 unspecified atom stereocenters. The van der Waals surface area contributed by atoms with Gasteiger partial charge >= 0.3 is 0 Å². The lowest BCUT2D eigenvalue weighted by Gasteiger charge is -2.64. The van der Waals surface area contributed by atoms with E-state index < -0.39 is 10.8 Å². The van der Waals surface area contributed by atoms with E-state index in [0.717, 1.165) is 50.8 Å². The van der Waals surface area contributed by atoms with E-state index in [1.54, 1.807) is 6.92 Å². The smallest absolute Gasteiger partial charge is 0.222 e. The number of carbonyl (C=O) groups is 2. The Bertz CT molecular complexity index is 1250. The minimum absolute atomic E-state index is 0.00682. The van der Waals surface area contributed by atoms with Crippen LogP contribution in [0.15, 0.2) is 16.1 Å². The van der Waals surface area contributed by atoms with Crippen molar-refractivity contribution >= 4 is 11.6 Å². The Kier molecular flexibility index (Phi) is 9.50. The van der Waals surface area contributed by atoms with Crippen molar-refractivity contribution in [2.24, 2.45) is 38.9 Å². The highest BCUT2D eigenvalue weighted by Crippen LogP contribution is 2.68. The lowest BCUT2D eigenvalue weighted by molar-refractivity contribution is -0.155. The number of nitrogens with zero attached hydrogens (tertiary/aromatic N) is 3. The van der Waals surface area contributed by atoms with Crippen molar-refractivity contribution in [1.29, 1.82) is 5.26 Å². The number of carbonyl (C=O) groups excluding carboxylic acids is 2. The van der Waals surface area contributed by atoms with Crippen LogP contribution in [0.5, 0.6) is 0 Å². The summed E-state index contributed by atoms with van der Waals surface area (Å²) in [5.74, 6) is 1.50. The number of hydrogen-bond acceptors (Lipinski definition) is 6. The maximum absolute atomic E-state index is 13.3. The summed E-state index contributed by atoms with van der Waals surface area (Å²) >= 11 is 0. The largest absolute Gasteiger partial charge is 0.425 e. The fraction of sp³-hybridized carbons (Fsp3) is 0.806. The fourth-order valence-corrected chi connectivity index (χ4v) is 8.88. The zero-order chi connectivity index (χ0) is 31.9. The molecule has 0 amide bonds. The average molecular weight is 580 g/mol. The Labute approximate surface area is 255 Å². The molecule has 6 heteroatoms. The van der Waals surface area contributed by atoms with Gasteiger partial charge in [0.25, 0.3) is 0 Å². The van der Waals surface area contributed by atoms with Gasteiger partial charge in [-0.05, 0) is 85.4 Å². The first-order valence-electron chi connectivity index (χ1n) is 16.2. The predicted octanol–water partition coefficient (Wildman–Crippen LogP) is 9.13. The molecule has 0 bridgehead atoms. The van der Waals surface area contributed by atoms with Gasteiger partial charge in [0, 0.05) is 24.2 Å². The third-order valence-corrected chi connectivity index (χ3v) is 12.2. The maximum atomic E-state index is 13.3. The molecule has 0 aliphatic heterocycles. The van der Waals surface area contributed by atoms with Gasteiger partial charge in [0.05, 0.1) is 5.57 Å². The Balaban J connectivity index is 2.02. The second-order valence-electron chi connectivity index (χ2n) is 16.5. The molecular formula is C36H57N3O3. The van der Waals surface area contributed by atoms with Crippen molar-refractivity contribution in [2.75, 3.05) is 0 Å². The Morgan fingerprint density at radius 1 is 1.05 bits per heavy atom. The van der Waals surface area contributed by atoms with Crippen molar-refractivity contribution in [3.63, 3.8) is 0 Å². The van der Waals surface area contributed by atoms with Gasteiger partial charge in [-0.3, -0.25) is 4.79 Å². The SMILES string of the molecule is CCCC(C)(C)CC[C@@](C)(CCC(C)(C)[C@]1(C)CC[C@H]2C(C)(C)C(=O)C(C#N)=C[C@]2(C)[C@H]1CC(C)=O)c1nnc(C)o1. The van der Waals surface area contributed by atoms with Gasteiger partial charge in [0.15, 0.2) is 5.78 Å². The molecule has 0 saturated heterocycles. The zero-order valence-electron chi connectivity index (χ0n) is 28.7. The van der Waals surface area contributed by atoms with Crippen LogP contribution in [-0.2, 0) is 15.0 Å². The number of aryl methyl sites for hydroxylation is 1. The number of rotatable bonds is 12. The lowest BCUT2D eigenvalue weighted by Crippen LogP contribution is -2.60. The van der Waals surface area contributed by atoms with Crippen LogP contribution >= 0.6 is 0 Å². The fourth-order valence-electron chi connectivity index (χ4n) is 8.88. The highest BCUT2D eigenvalue weighted by Gasteiger charge is 2.63. The quantitative estimate of drug-likeness (QED) is 0.245. The van der Waals surface area contributed by atoms with Crippen molar-refractivity contribution in [1.82, 2.24) is 10.2 Å². The first kappa shape index (κ1) is 34.2. The maximum Gasteiger partial charge on any atom is 0.222 e. The van der Waals surface area contributed by atoms with Gasteiger partial charge in [-0.25, -0.2) is 0 Å². The number of aromatic nitrogens is 2. The van der Waals surface area contributed by atoms with Crippen LogP contribution in [0.4, 0.5) is 0 Å². The second kappa shape index (κ2) is 11.7. The van der Waals surface area contributed by atoms with Gasteiger partial charge in [0.2, 0.25) is 11.8 Å². The van der Waals surface area contributed by atoms with Crippen molar-refractivity contribution in [3.05, 3.63) is 23.4 Å². The van der Waals surface area contributed by atoms with E-state index in [1.165, 1.54) is 6.42 Å². The van der Waals surface area contributed by atoms with Crippen molar-refractivity contribution in [2.45, 2.75) is 146 Å². The van der Waals surface area contributed by atoms with E-state index in [9.17, 15) is 14.9 Å². The van der Waals surface area contributed by atoms with Crippen LogP contribution in [0.1, 0.15) is 146 Å². The summed E-state index contributed by atoms with van der Waals surface area (Å²) in [7, 11) is 0. The van der Waals surface area contributed by atoms with E-state index in [0.29, 0.717) is 12.3 Å². The van der Waals surface area contributed by atoms with Gasteiger partial charge in [-0.15, -0.1) is 10.2 Å². The van der Waals surface area contributed by atoms with Crippen molar-refractivity contribution in [3.8, 4) is 6.07 Å². The molecule has 0 aromatic carbocycles. The molecule has 2 aliphatic rings. The van der Waals surface area contributed by atoms with E-state index in [2.05, 4.69) is 71.7 Å². The van der Waals surface area contributed by atoms with Crippen LogP contribution in [0, 0.1) is 57.2 Å². The standard InChI is InChI=1S/C36H57N3O3/c1-13-15-31(4,5)17-19-34(10,30-39-38-25(3)42-30)20-18-32(6,7)36(12)16-14-27-33(8,9)29(41)26(23-37)22-35(27,11)28(36)21-24(2)40/h22,27-28H,13-21H2,1-12H3/t27-,28+,34-,35-,36+/m0/s1.